The summed E-state index contributed by atoms with van der Waals surface area (Å²) in [6, 6.07) is 29.9. The van der Waals surface area contributed by atoms with E-state index < -0.39 is 11.7 Å². The molecule has 0 bridgehead atoms. The number of benzene rings is 4. The van der Waals surface area contributed by atoms with E-state index in [1.165, 1.54) is 12.1 Å². The van der Waals surface area contributed by atoms with Crippen LogP contribution in [0.5, 0.6) is 0 Å². The van der Waals surface area contributed by atoms with Crippen LogP contribution < -0.4 is 0 Å². The lowest BCUT2D eigenvalue weighted by atomic mass is 9.89. The maximum absolute atomic E-state index is 13.7. The quantitative estimate of drug-likeness (QED) is 0.308. The maximum atomic E-state index is 13.7. The highest BCUT2D eigenvalue weighted by Crippen LogP contribution is 2.39. The van der Waals surface area contributed by atoms with Gasteiger partial charge in [-0.05, 0) is 46.5 Å². The molecule has 0 N–H and O–H groups in total. The van der Waals surface area contributed by atoms with E-state index in [-0.39, 0.29) is 0 Å². The zero-order valence-electron chi connectivity index (χ0n) is 15.9. The van der Waals surface area contributed by atoms with Crippen molar-refractivity contribution in [3.63, 3.8) is 0 Å². The molecule has 0 saturated heterocycles. The molecule has 0 amide bonds. The average molecular weight is 398 g/mol. The third-order valence-corrected chi connectivity index (χ3v) is 4.74. The predicted molar refractivity (Wildman–Crippen MR) is 115 cm³/mol. The number of halogens is 3. The van der Waals surface area contributed by atoms with E-state index in [4.69, 9.17) is 0 Å². The Bertz CT molecular complexity index is 1140. The first kappa shape index (κ1) is 19.5. The number of alkyl halides is 3. The predicted octanol–water partition coefficient (Wildman–Crippen LogP) is 7.44. The molecule has 4 aromatic rings. The molecular weight excluding hydrogens is 381 g/mol. The Labute approximate surface area is 173 Å². The Kier molecular flexibility index (Phi) is 5.41. The van der Waals surface area contributed by atoms with E-state index in [0.717, 1.165) is 5.56 Å². The fraction of sp³-hybridized carbons (Fsp3) is 0.0370. The standard InChI is InChI=1S/C27H17F3/c28-27(29,30)23-18-25(21-12-6-2-7-13-21)24(17-16-20-10-4-1-5-11-20)26(19-23)22-14-8-3-9-15-22/h1-15,18-19H. The molecule has 0 aliphatic carbocycles. The molecule has 0 nitrogen and oxygen atoms in total. The summed E-state index contributed by atoms with van der Waals surface area (Å²) in [6.07, 6.45) is -4.46. The number of hydrogen-bond donors (Lipinski definition) is 0. The van der Waals surface area contributed by atoms with E-state index in [1.807, 2.05) is 66.7 Å². The molecule has 30 heavy (non-hydrogen) atoms. The van der Waals surface area contributed by atoms with Gasteiger partial charge in [-0.2, -0.15) is 13.2 Å². The molecule has 146 valence electrons. The third-order valence-electron chi connectivity index (χ3n) is 4.74. The summed E-state index contributed by atoms with van der Waals surface area (Å²) in [5.41, 5.74) is 3.00. The van der Waals surface area contributed by atoms with E-state index in [0.29, 0.717) is 27.8 Å². The van der Waals surface area contributed by atoms with E-state index in [2.05, 4.69) is 11.8 Å². The van der Waals surface area contributed by atoms with Gasteiger partial charge < -0.3 is 0 Å². The zero-order chi connectivity index (χ0) is 21.0. The molecule has 0 spiro atoms. The van der Waals surface area contributed by atoms with Crippen molar-refractivity contribution in [2.45, 2.75) is 6.18 Å². The molecule has 0 heterocycles. The molecule has 0 aliphatic heterocycles. The molecule has 0 aromatic heterocycles. The summed E-state index contributed by atoms with van der Waals surface area (Å²) in [6.45, 7) is 0. The first-order chi connectivity index (χ1) is 14.5. The van der Waals surface area contributed by atoms with Gasteiger partial charge in [0.1, 0.15) is 0 Å². The molecule has 0 aliphatic rings. The fourth-order valence-corrected chi connectivity index (χ4v) is 3.29. The Balaban J connectivity index is 2.03. The minimum absolute atomic E-state index is 0.465. The van der Waals surface area contributed by atoms with Crippen LogP contribution in [0.2, 0.25) is 0 Å². The van der Waals surface area contributed by atoms with Crippen LogP contribution in [-0.2, 0) is 6.18 Å². The third kappa shape index (κ3) is 4.29. The van der Waals surface area contributed by atoms with Crippen molar-refractivity contribution in [2.75, 3.05) is 0 Å². The van der Waals surface area contributed by atoms with Crippen LogP contribution in [-0.4, -0.2) is 0 Å². The molecule has 0 atom stereocenters. The van der Waals surface area contributed by atoms with Gasteiger partial charge in [0.25, 0.3) is 0 Å². The summed E-state index contributed by atoms with van der Waals surface area (Å²) < 4.78 is 41.2. The van der Waals surface area contributed by atoms with Crippen LogP contribution in [0.3, 0.4) is 0 Å². The van der Waals surface area contributed by atoms with Crippen molar-refractivity contribution in [3.8, 4) is 34.1 Å². The molecule has 4 aromatic carbocycles. The first-order valence-corrected chi connectivity index (χ1v) is 9.45. The topological polar surface area (TPSA) is 0 Å². The molecular formula is C27H17F3. The zero-order valence-corrected chi connectivity index (χ0v) is 15.9. The Hall–Kier alpha value is -3.77. The highest BCUT2D eigenvalue weighted by molar-refractivity contribution is 5.84. The van der Waals surface area contributed by atoms with Crippen molar-refractivity contribution in [1.29, 1.82) is 0 Å². The van der Waals surface area contributed by atoms with Gasteiger partial charge in [0.05, 0.1) is 5.56 Å². The van der Waals surface area contributed by atoms with Gasteiger partial charge in [0.2, 0.25) is 0 Å². The van der Waals surface area contributed by atoms with Crippen molar-refractivity contribution < 1.29 is 13.2 Å². The normalized spacial score (nSPS) is 10.9. The smallest absolute Gasteiger partial charge is 0.166 e. The lowest BCUT2D eigenvalue weighted by molar-refractivity contribution is -0.137. The van der Waals surface area contributed by atoms with Gasteiger partial charge >= 0.3 is 6.18 Å². The molecule has 0 unspecified atom stereocenters. The second kappa shape index (κ2) is 8.31. The van der Waals surface area contributed by atoms with Gasteiger partial charge in [-0.3, -0.25) is 0 Å². The summed E-state index contributed by atoms with van der Waals surface area (Å²) in [4.78, 5) is 0. The average Bonchev–Trinajstić information content (AvgIpc) is 2.78. The Morgan fingerprint density at radius 2 is 0.967 bits per heavy atom. The summed E-state index contributed by atoms with van der Waals surface area (Å²) in [7, 11) is 0. The summed E-state index contributed by atoms with van der Waals surface area (Å²) in [5.74, 6) is 6.26. The van der Waals surface area contributed by atoms with Crippen LogP contribution in [0.4, 0.5) is 13.2 Å². The summed E-state index contributed by atoms with van der Waals surface area (Å²) >= 11 is 0. The van der Waals surface area contributed by atoms with E-state index in [1.54, 1.807) is 24.3 Å². The lowest BCUT2D eigenvalue weighted by Gasteiger charge is -2.16. The van der Waals surface area contributed by atoms with Gasteiger partial charge in [-0.15, -0.1) is 0 Å². The van der Waals surface area contributed by atoms with E-state index in [9.17, 15) is 13.2 Å². The first-order valence-electron chi connectivity index (χ1n) is 9.45. The van der Waals surface area contributed by atoms with Crippen molar-refractivity contribution in [2.24, 2.45) is 0 Å². The monoisotopic (exact) mass is 398 g/mol. The largest absolute Gasteiger partial charge is 0.416 e. The van der Waals surface area contributed by atoms with E-state index >= 15 is 0 Å². The second-order valence-corrected chi connectivity index (χ2v) is 6.79. The van der Waals surface area contributed by atoms with Gasteiger partial charge in [0.15, 0.2) is 0 Å². The highest BCUT2D eigenvalue weighted by Gasteiger charge is 2.32. The van der Waals surface area contributed by atoms with Crippen LogP contribution in [0, 0.1) is 11.8 Å². The SMILES string of the molecule is FC(F)(F)c1cc(-c2ccccc2)c(C#Cc2ccccc2)c(-c2ccccc2)c1. The van der Waals surface area contributed by atoms with Crippen molar-refractivity contribution in [1.82, 2.24) is 0 Å². The van der Waals surface area contributed by atoms with Crippen molar-refractivity contribution in [3.05, 3.63) is 120 Å². The molecule has 3 heteroatoms. The molecule has 0 radical (unpaired) electrons. The fourth-order valence-electron chi connectivity index (χ4n) is 3.29. The van der Waals surface area contributed by atoms with Crippen LogP contribution in [0.25, 0.3) is 22.3 Å². The molecule has 0 fully saturated rings. The molecule has 4 rings (SSSR count). The lowest BCUT2D eigenvalue weighted by Crippen LogP contribution is -2.07. The number of rotatable bonds is 2. The van der Waals surface area contributed by atoms with Crippen LogP contribution in [0.15, 0.2) is 103 Å². The van der Waals surface area contributed by atoms with Crippen LogP contribution >= 0.6 is 0 Å². The Morgan fingerprint density at radius 1 is 0.533 bits per heavy atom. The highest BCUT2D eigenvalue weighted by atomic mass is 19.4. The van der Waals surface area contributed by atoms with Gasteiger partial charge in [0, 0.05) is 11.1 Å². The number of hydrogen-bond acceptors (Lipinski definition) is 0. The minimum atomic E-state index is -4.46. The minimum Gasteiger partial charge on any atom is -0.166 e. The van der Waals surface area contributed by atoms with Crippen molar-refractivity contribution >= 4 is 0 Å². The maximum Gasteiger partial charge on any atom is 0.416 e. The van der Waals surface area contributed by atoms with Gasteiger partial charge in [-0.25, -0.2) is 0 Å². The Morgan fingerprint density at radius 3 is 1.40 bits per heavy atom. The summed E-state index contributed by atoms with van der Waals surface area (Å²) in [5, 5.41) is 0. The van der Waals surface area contributed by atoms with Gasteiger partial charge in [-0.1, -0.05) is 90.7 Å². The second-order valence-electron chi connectivity index (χ2n) is 6.79. The molecule has 0 saturated carbocycles. The van der Waals surface area contributed by atoms with Crippen LogP contribution in [0.1, 0.15) is 16.7 Å².